The third-order valence-electron chi connectivity index (χ3n) is 7.01. The Morgan fingerprint density at radius 1 is 1.18 bits per heavy atom. The number of aromatic nitrogens is 2. The van der Waals surface area contributed by atoms with Gasteiger partial charge >= 0.3 is 0 Å². The van der Waals surface area contributed by atoms with E-state index in [1.807, 2.05) is 44.3 Å². The molecular formula is C27H31N5OS. The van der Waals surface area contributed by atoms with E-state index in [4.69, 9.17) is 12.2 Å². The Labute approximate surface area is 206 Å². The third-order valence-corrected chi connectivity index (χ3v) is 7.33. The summed E-state index contributed by atoms with van der Waals surface area (Å²) in [5, 5.41) is 7.24. The van der Waals surface area contributed by atoms with E-state index in [2.05, 4.69) is 55.5 Å². The topological polar surface area (TPSA) is 62.2 Å². The molecule has 7 heteroatoms. The number of thiocarbonyl (C=S) groups is 1. The first kappa shape index (κ1) is 22.6. The van der Waals surface area contributed by atoms with E-state index in [-0.39, 0.29) is 18.0 Å². The minimum atomic E-state index is -0.0662. The molecule has 6 nitrogen and oxygen atoms in total. The maximum atomic E-state index is 11.9. The molecule has 5 rings (SSSR count). The molecule has 2 aliphatic rings. The second-order valence-corrected chi connectivity index (χ2v) is 9.56. The largest absolute Gasteiger partial charge is 0.351 e. The van der Waals surface area contributed by atoms with Crippen molar-refractivity contribution in [2.24, 2.45) is 0 Å². The quantitative estimate of drug-likeness (QED) is 0.441. The molecule has 3 aromatic rings. The summed E-state index contributed by atoms with van der Waals surface area (Å²) in [5.41, 5.74) is 5.07. The summed E-state index contributed by atoms with van der Waals surface area (Å²) < 4.78 is 2.46. The molecule has 1 aliphatic carbocycles. The summed E-state index contributed by atoms with van der Waals surface area (Å²) >= 11 is 5.90. The molecule has 3 heterocycles. The van der Waals surface area contributed by atoms with Crippen molar-refractivity contribution >= 4 is 34.6 Å². The number of aryl methyl sites for hydroxylation is 1. The van der Waals surface area contributed by atoms with E-state index in [9.17, 15) is 4.79 Å². The second kappa shape index (κ2) is 9.58. The Balaban J connectivity index is 1.57. The normalized spacial score (nSPS) is 20.5. The van der Waals surface area contributed by atoms with Gasteiger partial charge in [0.25, 0.3) is 0 Å². The maximum Gasteiger partial charge on any atom is 0.224 e. The van der Waals surface area contributed by atoms with Crippen molar-refractivity contribution in [1.82, 2.24) is 14.9 Å². The van der Waals surface area contributed by atoms with Crippen LogP contribution < -0.4 is 15.5 Å². The molecule has 0 spiro atoms. The van der Waals surface area contributed by atoms with Gasteiger partial charge in [0.2, 0.25) is 5.91 Å². The molecule has 2 aromatic heterocycles. The van der Waals surface area contributed by atoms with Crippen LogP contribution in [-0.2, 0) is 4.79 Å². The van der Waals surface area contributed by atoms with Gasteiger partial charge in [-0.05, 0) is 80.0 Å². The first-order valence-corrected chi connectivity index (χ1v) is 12.6. The molecule has 2 fully saturated rings. The fourth-order valence-corrected chi connectivity index (χ4v) is 5.63. The fourth-order valence-electron chi connectivity index (χ4n) is 5.28. The summed E-state index contributed by atoms with van der Waals surface area (Å²) in [7, 11) is 0. The monoisotopic (exact) mass is 473 g/mol. The van der Waals surface area contributed by atoms with Gasteiger partial charge in [0, 0.05) is 41.9 Å². The molecule has 1 aromatic carbocycles. The van der Waals surface area contributed by atoms with Crippen LogP contribution in [0.25, 0.3) is 0 Å². The highest BCUT2D eigenvalue weighted by molar-refractivity contribution is 7.80. The van der Waals surface area contributed by atoms with Crippen LogP contribution in [0.3, 0.4) is 0 Å². The highest BCUT2D eigenvalue weighted by atomic mass is 32.1. The van der Waals surface area contributed by atoms with Gasteiger partial charge in [0.05, 0.1) is 11.7 Å². The number of carbonyl (C=O) groups excluding carboxylic acids is 1. The minimum Gasteiger partial charge on any atom is -0.351 e. The molecule has 1 aliphatic heterocycles. The number of benzene rings is 1. The van der Waals surface area contributed by atoms with Crippen LogP contribution in [0.1, 0.15) is 74.1 Å². The summed E-state index contributed by atoms with van der Waals surface area (Å²) in [6.45, 7) is 3.88. The van der Waals surface area contributed by atoms with Crippen LogP contribution in [0.5, 0.6) is 0 Å². The Morgan fingerprint density at radius 3 is 2.71 bits per heavy atom. The van der Waals surface area contributed by atoms with Gasteiger partial charge in [-0.2, -0.15) is 0 Å². The van der Waals surface area contributed by atoms with Gasteiger partial charge in [0.1, 0.15) is 6.04 Å². The van der Waals surface area contributed by atoms with Crippen molar-refractivity contribution < 1.29 is 4.79 Å². The molecule has 2 atom stereocenters. The molecule has 1 amide bonds. The number of hydrogen-bond donors (Lipinski definition) is 2. The third kappa shape index (κ3) is 4.20. The van der Waals surface area contributed by atoms with Gasteiger partial charge in [0.15, 0.2) is 5.11 Å². The van der Waals surface area contributed by atoms with Gasteiger partial charge in [-0.1, -0.05) is 25.8 Å². The van der Waals surface area contributed by atoms with E-state index in [1.165, 1.54) is 31.4 Å². The highest BCUT2D eigenvalue weighted by Crippen LogP contribution is 2.44. The van der Waals surface area contributed by atoms with Gasteiger partial charge in [-0.25, -0.2) is 0 Å². The van der Waals surface area contributed by atoms with Crippen molar-refractivity contribution in [3.05, 3.63) is 77.9 Å². The van der Waals surface area contributed by atoms with Crippen LogP contribution in [-0.4, -0.2) is 20.6 Å². The van der Waals surface area contributed by atoms with Crippen molar-refractivity contribution in [2.75, 3.05) is 10.2 Å². The number of anilines is 2. The van der Waals surface area contributed by atoms with Crippen LogP contribution in [0.4, 0.5) is 11.4 Å². The van der Waals surface area contributed by atoms with Gasteiger partial charge < -0.3 is 20.1 Å². The maximum absolute atomic E-state index is 11.9. The molecule has 1 saturated carbocycles. The second-order valence-electron chi connectivity index (χ2n) is 9.18. The van der Waals surface area contributed by atoms with E-state index in [1.54, 1.807) is 0 Å². The summed E-state index contributed by atoms with van der Waals surface area (Å²) in [5.74, 6) is 0.0108. The van der Waals surface area contributed by atoms with E-state index >= 15 is 0 Å². The van der Waals surface area contributed by atoms with E-state index in [0.29, 0.717) is 17.6 Å². The van der Waals surface area contributed by atoms with E-state index < -0.39 is 0 Å². The molecular weight excluding hydrogens is 442 g/mol. The molecule has 1 saturated heterocycles. The fraction of sp³-hybridized carbons (Fsp3) is 0.370. The summed E-state index contributed by atoms with van der Waals surface area (Å²) in [6, 6.07) is 17.0. The lowest BCUT2D eigenvalue weighted by atomic mass is 10.00. The van der Waals surface area contributed by atoms with Crippen LogP contribution in [0.2, 0.25) is 0 Å². The minimum absolute atomic E-state index is 0.0108. The van der Waals surface area contributed by atoms with Crippen molar-refractivity contribution in [3.8, 4) is 0 Å². The lowest BCUT2D eigenvalue weighted by Gasteiger charge is -2.30. The molecule has 0 unspecified atom stereocenters. The number of pyridine rings is 1. The Morgan fingerprint density at radius 2 is 2.00 bits per heavy atom. The van der Waals surface area contributed by atoms with Crippen LogP contribution in [0, 0.1) is 6.92 Å². The number of amides is 1. The number of nitrogens with zero attached hydrogens (tertiary/aromatic N) is 3. The molecule has 176 valence electrons. The highest BCUT2D eigenvalue weighted by Gasteiger charge is 2.42. The molecule has 0 bridgehead atoms. The zero-order chi connectivity index (χ0) is 23.7. The standard InChI is InChI=1S/C27H31N5OS/c1-3-24(33)29-21-14-13-20(17-18(21)2)32-26(23-12-8-16-31(23)19-9-4-5-10-19)25(30-27(32)34)22-11-6-7-15-28-22/h6-8,11-17,19,25-26H,3-5,9-10H2,1-2H3,(H,29,33)(H,30,34)/t25-,26+/m0/s1. The molecule has 2 N–H and O–H groups in total. The Bertz CT molecular complexity index is 1180. The lowest BCUT2D eigenvalue weighted by Crippen LogP contribution is -2.30. The number of nitrogens with one attached hydrogen (secondary N) is 2. The zero-order valence-electron chi connectivity index (χ0n) is 19.7. The smallest absolute Gasteiger partial charge is 0.224 e. The predicted octanol–water partition coefficient (Wildman–Crippen LogP) is 5.83. The number of carbonyl (C=O) groups is 1. The van der Waals surface area contributed by atoms with Crippen molar-refractivity contribution in [1.29, 1.82) is 0 Å². The first-order valence-electron chi connectivity index (χ1n) is 12.1. The molecule has 34 heavy (non-hydrogen) atoms. The SMILES string of the molecule is CCC(=O)Nc1ccc(N2C(=S)N[C@@H](c3ccccn3)[C@H]2c2cccn2C2CCCC2)cc1C. The predicted molar refractivity (Wildman–Crippen MR) is 140 cm³/mol. The number of rotatable bonds is 6. The first-order chi connectivity index (χ1) is 16.6. The van der Waals surface area contributed by atoms with Crippen LogP contribution >= 0.6 is 12.2 Å². The number of hydrogen-bond acceptors (Lipinski definition) is 3. The summed E-state index contributed by atoms with van der Waals surface area (Å²) in [6.07, 6.45) is 9.49. The van der Waals surface area contributed by atoms with Gasteiger partial charge in [-0.15, -0.1) is 0 Å². The lowest BCUT2D eigenvalue weighted by molar-refractivity contribution is -0.115. The van der Waals surface area contributed by atoms with E-state index in [0.717, 1.165) is 22.6 Å². The van der Waals surface area contributed by atoms with Crippen molar-refractivity contribution in [3.63, 3.8) is 0 Å². The molecule has 0 radical (unpaired) electrons. The van der Waals surface area contributed by atoms with Crippen molar-refractivity contribution in [2.45, 2.75) is 64.1 Å². The Hall–Kier alpha value is -3.19. The van der Waals surface area contributed by atoms with Crippen LogP contribution in [0.15, 0.2) is 60.9 Å². The summed E-state index contributed by atoms with van der Waals surface area (Å²) in [4.78, 5) is 18.8. The Kier molecular flexibility index (Phi) is 6.37. The average Bonchev–Trinajstić information content (AvgIpc) is 3.60. The zero-order valence-corrected chi connectivity index (χ0v) is 20.5. The van der Waals surface area contributed by atoms with Gasteiger partial charge in [-0.3, -0.25) is 9.78 Å². The average molecular weight is 474 g/mol.